The molecule has 0 spiro atoms. The molecule has 0 saturated carbocycles. The van der Waals surface area contributed by atoms with Crippen molar-refractivity contribution in [2.75, 3.05) is 4.90 Å². The Kier molecular flexibility index (Phi) is 6.00. The van der Waals surface area contributed by atoms with E-state index in [1.165, 1.54) is 30.3 Å². The summed E-state index contributed by atoms with van der Waals surface area (Å²) < 4.78 is 19.2. The number of anilines is 1. The topological polar surface area (TPSA) is 75.7 Å². The highest BCUT2D eigenvalue weighted by atomic mass is 35.5. The normalized spacial score (nSPS) is 15.1. The van der Waals surface area contributed by atoms with Crippen LogP contribution in [-0.4, -0.2) is 17.8 Å². The summed E-state index contributed by atoms with van der Waals surface area (Å²) in [7, 11) is 0. The highest BCUT2D eigenvalue weighted by molar-refractivity contribution is 6.39. The van der Waals surface area contributed by atoms with Crippen molar-refractivity contribution in [2.24, 2.45) is 0 Å². The largest absolute Gasteiger partial charge is 0.488 e. The fourth-order valence-corrected chi connectivity index (χ4v) is 3.37. The second kappa shape index (κ2) is 9.03. The Labute approximate surface area is 187 Å². The van der Waals surface area contributed by atoms with Crippen LogP contribution in [0.4, 0.5) is 14.9 Å². The molecule has 1 saturated heterocycles. The van der Waals surface area contributed by atoms with Crippen LogP contribution in [0.25, 0.3) is 6.08 Å². The lowest BCUT2D eigenvalue weighted by atomic mass is 10.1. The summed E-state index contributed by atoms with van der Waals surface area (Å²) in [6.07, 6.45) is 1.35. The molecular formula is C24H16ClFN2O4. The number of hydrogen-bond donors (Lipinski definition) is 1. The number of amides is 4. The number of imide groups is 2. The number of carbonyl (C=O) groups is 3. The number of hydrogen-bond acceptors (Lipinski definition) is 4. The molecule has 0 aromatic heterocycles. The van der Waals surface area contributed by atoms with Gasteiger partial charge in [0.15, 0.2) is 0 Å². The molecule has 4 amide bonds. The quantitative estimate of drug-likeness (QED) is 0.450. The molecule has 4 rings (SSSR count). The van der Waals surface area contributed by atoms with Gasteiger partial charge in [-0.2, -0.15) is 0 Å². The van der Waals surface area contributed by atoms with E-state index in [4.69, 9.17) is 16.3 Å². The van der Waals surface area contributed by atoms with Gasteiger partial charge >= 0.3 is 6.03 Å². The Morgan fingerprint density at radius 1 is 0.969 bits per heavy atom. The summed E-state index contributed by atoms with van der Waals surface area (Å²) in [5, 5.41) is 2.50. The Morgan fingerprint density at radius 3 is 2.53 bits per heavy atom. The van der Waals surface area contributed by atoms with Crippen molar-refractivity contribution in [2.45, 2.75) is 6.61 Å². The number of para-hydroxylation sites is 1. The van der Waals surface area contributed by atoms with Gasteiger partial charge in [0, 0.05) is 10.6 Å². The van der Waals surface area contributed by atoms with E-state index in [0.717, 1.165) is 4.90 Å². The number of carbonyl (C=O) groups excluding carboxylic acids is 3. The van der Waals surface area contributed by atoms with Gasteiger partial charge in [-0.05, 0) is 48.0 Å². The molecule has 6 nitrogen and oxygen atoms in total. The van der Waals surface area contributed by atoms with E-state index in [0.29, 0.717) is 21.9 Å². The van der Waals surface area contributed by atoms with Crippen molar-refractivity contribution in [3.8, 4) is 5.75 Å². The van der Waals surface area contributed by atoms with E-state index in [1.54, 1.807) is 48.5 Å². The van der Waals surface area contributed by atoms with E-state index in [9.17, 15) is 18.8 Å². The molecule has 3 aromatic rings. The van der Waals surface area contributed by atoms with Gasteiger partial charge in [0.05, 0.1) is 5.69 Å². The third-order valence-corrected chi connectivity index (χ3v) is 4.91. The Bertz CT molecular complexity index is 1260. The Hall–Kier alpha value is -3.97. The zero-order chi connectivity index (χ0) is 22.7. The summed E-state index contributed by atoms with van der Waals surface area (Å²) in [6.45, 7) is 0.0885. The number of urea groups is 1. The maximum Gasteiger partial charge on any atom is 0.335 e. The van der Waals surface area contributed by atoms with Gasteiger partial charge in [0.2, 0.25) is 0 Å². The first-order chi connectivity index (χ1) is 15.4. The molecule has 160 valence electrons. The van der Waals surface area contributed by atoms with Gasteiger partial charge in [0.25, 0.3) is 11.8 Å². The highest BCUT2D eigenvalue weighted by Crippen LogP contribution is 2.27. The van der Waals surface area contributed by atoms with Crippen molar-refractivity contribution in [1.29, 1.82) is 0 Å². The van der Waals surface area contributed by atoms with E-state index < -0.39 is 17.8 Å². The lowest BCUT2D eigenvalue weighted by molar-refractivity contribution is -0.122. The number of nitrogens with zero attached hydrogens (tertiary/aromatic N) is 1. The van der Waals surface area contributed by atoms with E-state index in [1.807, 2.05) is 0 Å². The number of halogens is 2. The van der Waals surface area contributed by atoms with Crippen LogP contribution >= 0.6 is 11.6 Å². The minimum atomic E-state index is -0.866. The zero-order valence-corrected chi connectivity index (χ0v) is 17.3. The first-order valence-electron chi connectivity index (χ1n) is 9.55. The van der Waals surface area contributed by atoms with Crippen LogP contribution in [-0.2, 0) is 16.2 Å². The average Bonchev–Trinajstić information content (AvgIpc) is 2.76. The molecule has 1 heterocycles. The molecule has 8 heteroatoms. The van der Waals surface area contributed by atoms with E-state index >= 15 is 0 Å². The standard InChI is InChI=1S/C24H16ClFN2O4/c25-17-7-4-9-19(13-17)28-23(30)20(22(29)27-24(28)31)12-16-6-1-2-10-21(16)32-14-15-5-3-8-18(26)11-15/h1-13H,14H2,(H,27,29,31)/b20-12+. The van der Waals surface area contributed by atoms with E-state index in [-0.39, 0.29) is 23.7 Å². The Balaban J connectivity index is 1.64. The monoisotopic (exact) mass is 450 g/mol. The first-order valence-corrected chi connectivity index (χ1v) is 9.93. The van der Waals surface area contributed by atoms with Crippen LogP contribution < -0.4 is 15.0 Å². The van der Waals surface area contributed by atoms with Crippen LogP contribution in [0.1, 0.15) is 11.1 Å². The van der Waals surface area contributed by atoms with Gasteiger partial charge in [-0.3, -0.25) is 14.9 Å². The zero-order valence-electron chi connectivity index (χ0n) is 16.5. The Morgan fingerprint density at radius 2 is 1.75 bits per heavy atom. The molecule has 0 unspecified atom stereocenters. The smallest absolute Gasteiger partial charge is 0.335 e. The van der Waals surface area contributed by atoms with Gasteiger partial charge in [-0.25, -0.2) is 14.1 Å². The van der Waals surface area contributed by atoms with Crippen molar-refractivity contribution in [3.05, 3.63) is 100 Å². The third-order valence-electron chi connectivity index (χ3n) is 4.67. The molecule has 0 radical (unpaired) electrons. The highest BCUT2D eigenvalue weighted by Gasteiger charge is 2.37. The molecule has 1 N–H and O–H groups in total. The van der Waals surface area contributed by atoms with Gasteiger partial charge in [0.1, 0.15) is 23.7 Å². The number of rotatable bonds is 5. The van der Waals surface area contributed by atoms with Gasteiger partial charge in [-0.1, -0.05) is 48.0 Å². The molecule has 1 aliphatic heterocycles. The maximum atomic E-state index is 13.4. The number of benzene rings is 3. The molecule has 3 aromatic carbocycles. The van der Waals surface area contributed by atoms with Gasteiger partial charge in [-0.15, -0.1) is 0 Å². The second-order valence-electron chi connectivity index (χ2n) is 6.89. The molecular weight excluding hydrogens is 435 g/mol. The second-order valence-corrected chi connectivity index (χ2v) is 7.33. The molecule has 0 bridgehead atoms. The average molecular weight is 451 g/mol. The molecule has 0 aliphatic carbocycles. The first kappa shape index (κ1) is 21.3. The number of barbiturate groups is 1. The van der Waals surface area contributed by atoms with Crippen LogP contribution in [0.5, 0.6) is 5.75 Å². The van der Waals surface area contributed by atoms with Crippen molar-refractivity contribution in [3.63, 3.8) is 0 Å². The van der Waals surface area contributed by atoms with Crippen molar-refractivity contribution < 1.29 is 23.5 Å². The predicted octanol–water partition coefficient (Wildman–Crippen LogP) is 4.72. The molecule has 0 atom stereocenters. The number of ether oxygens (including phenoxy) is 1. The molecule has 1 fully saturated rings. The summed E-state index contributed by atoms with van der Waals surface area (Å²) >= 11 is 5.98. The predicted molar refractivity (Wildman–Crippen MR) is 118 cm³/mol. The van der Waals surface area contributed by atoms with Crippen LogP contribution in [0.3, 0.4) is 0 Å². The van der Waals surface area contributed by atoms with Crippen LogP contribution in [0.2, 0.25) is 5.02 Å². The third kappa shape index (κ3) is 4.53. The minimum Gasteiger partial charge on any atom is -0.488 e. The summed E-state index contributed by atoms with van der Waals surface area (Å²) in [6, 6.07) is 18.1. The fraction of sp³-hybridized carbons (Fsp3) is 0.0417. The van der Waals surface area contributed by atoms with Crippen molar-refractivity contribution in [1.82, 2.24) is 5.32 Å². The lowest BCUT2D eigenvalue weighted by Gasteiger charge is -2.26. The SMILES string of the molecule is O=C1NC(=O)N(c2cccc(Cl)c2)C(=O)/C1=C/c1ccccc1OCc1cccc(F)c1. The van der Waals surface area contributed by atoms with Crippen molar-refractivity contribution >= 4 is 41.2 Å². The van der Waals surface area contributed by atoms with E-state index in [2.05, 4.69) is 5.32 Å². The fourth-order valence-electron chi connectivity index (χ4n) is 3.18. The summed E-state index contributed by atoms with van der Waals surface area (Å²) in [5.74, 6) is -1.60. The summed E-state index contributed by atoms with van der Waals surface area (Å²) in [5.41, 5.74) is 1.06. The van der Waals surface area contributed by atoms with Crippen LogP contribution in [0, 0.1) is 5.82 Å². The maximum absolute atomic E-state index is 13.4. The molecule has 32 heavy (non-hydrogen) atoms. The molecule has 1 aliphatic rings. The van der Waals surface area contributed by atoms with Gasteiger partial charge < -0.3 is 4.74 Å². The minimum absolute atomic E-state index is 0.0885. The lowest BCUT2D eigenvalue weighted by Crippen LogP contribution is -2.54. The summed E-state index contributed by atoms with van der Waals surface area (Å²) in [4.78, 5) is 38.6. The number of nitrogens with one attached hydrogen (secondary N) is 1. The van der Waals surface area contributed by atoms with Crippen LogP contribution in [0.15, 0.2) is 78.4 Å².